The number of esters is 1. The molecule has 0 aliphatic heterocycles. The number of aromatic amines is 1. The van der Waals surface area contributed by atoms with Gasteiger partial charge in [0.25, 0.3) is 0 Å². The average Bonchev–Trinajstić information content (AvgIpc) is 3.01. The fourth-order valence-corrected chi connectivity index (χ4v) is 2.62. The van der Waals surface area contributed by atoms with E-state index in [9.17, 15) is 19.8 Å². The normalized spacial score (nSPS) is 13.9. The van der Waals surface area contributed by atoms with Crippen LogP contribution in [0.1, 0.15) is 49.2 Å². The largest absolute Gasteiger partial charge is 0.465 e. The fourth-order valence-electron chi connectivity index (χ4n) is 2.62. The molecule has 2 atom stereocenters. The Morgan fingerprint density at radius 1 is 1.26 bits per heavy atom. The van der Waals surface area contributed by atoms with E-state index in [0.717, 1.165) is 0 Å². The number of rotatable bonds is 6. The summed E-state index contributed by atoms with van der Waals surface area (Å²) in [4.78, 5) is 26.4. The Kier molecular flexibility index (Phi) is 6.45. The highest BCUT2D eigenvalue weighted by molar-refractivity contribution is 6.04. The molecular weight excluding hydrogens is 352 g/mol. The smallest absolute Gasteiger partial charge is 0.407 e. The van der Waals surface area contributed by atoms with Gasteiger partial charge in [-0.3, -0.25) is 0 Å². The molecule has 0 saturated carbocycles. The third kappa shape index (κ3) is 5.45. The number of carbonyl (C=O) groups excluding carboxylic acids is 2. The number of hydrogen-bond acceptors (Lipinski definition) is 6. The zero-order valence-corrected chi connectivity index (χ0v) is 15.9. The Balaban J connectivity index is 2.00. The molecule has 0 saturated heterocycles. The van der Waals surface area contributed by atoms with Crippen LogP contribution in [0.3, 0.4) is 0 Å². The quantitative estimate of drug-likeness (QED) is 0.572. The number of alkyl carbamates (subject to hydrolysis) is 1. The highest BCUT2D eigenvalue weighted by atomic mass is 16.6. The molecule has 0 bridgehead atoms. The minimum atomic E-state index is -1.17. The first-order chi connectivity index (χ1) is 12.6. The van der Waals surface area contributed by atoms with Crippen LogP contribution in [0.15, 0.2) is 24.4 Å². The van der Waals surface area contributed by atoms with Crippen LogP contribution in [0, 0.1) is 0 Å². The van der Waals surface area contributed by atoms with Crippen molar-refractivity contribution in [3.05, 3.63) is 35.5 Å². The first-order valence-electron chi connectivity index (χ1n) is 8.64. The molecule has 4 N–H and O–H groups in total. The second-order valence-electron chi connectivity index (χ2n) is 7.23. The number of amides is 1. The summed E-state index contributed by atoms with van der Waals surface area (Å²) in [5, 5.41) is 23.8. The van der Waals surface area contributed by atoms with Crippen molar-refractivity contribution in [2.45, 2.75) is 45.0 Å². The molecular formula is C19H26N2O6. The van der Waals surface area contributed by atoms with Crippen molar-refractivity contribution in [3.8, 4) is 0 Å². The number of nitrogens with one attached hydrogen (secondary N) is 2. The summed E-state index contributed by atoms with van der Waals surface area (Å²) < 4.78 is 9.85. The van der Waals surface area contributed by atoms with Crippen LogP contribution in [0.2, 0.25) is 0 Å². The molecule has 2 aromatic rings. The van der Waals surface area contributed by atoms with E-state index in [0.29, 0.717) is 22.0 Å². The maximum absolute atomic E-state index is 11.8. The number of carbonyl (C=O) groups is 2. The number of aliphatic hydroxyl groups is 2. The van der Waals surface area contributed by atoms with Gasteiger partial charge in [0.15, 0.2) is 0 Å². The van der Waals surface area contributed by atoms with E-state index in [1.807, 2.05) is 0 Å². The predicted molar refractivity (Wildman–Crippen MR) is 99.5 cm³/mol. The fraction of sp³-hybridized carbons (Fsp3) is 0.474. The third-order valence-electron chi connectivity index (χ3n) is 3.93. The Morgan fingerprint density at radius 3 is 2.59 bits per heavy atom. The van der Waals surface area contributed by atoms with Gasteiger partial charge in [0.1, 0.15) is 11.7 Å². The number of methoxy groups -OCH3 is 1. The van der Waals surface area contributed by atoms with Crippen LogP contribution < -0.4 is 5.32 Å². The molecule has 2 rings (SSSR count). The number of H-pyrrole nitrogens is 1. The number of fused-ring (bicyclic) bond motifs is 1. The minimum Gasteiger partial charge on any atom is -0.465 e. The van der Waals surface area contributed by atoms with Crippen molar-refractivity contribution in [2.75, 3.05) is 13.7 Å². The molecule has 0 aliphatic carbocycles. The summed E-state index contributed by atoms with van der Waals surface area (Å²) in [5.41, 5.74) is 0.915. The molecule has 1 aromatic carbocycles. The van der Waals surface area contributed by atoms with Gasteiger partial charge in [-0.25, -0.2) is 9.59 Å². The zero-order valence-electron chi connectivity index (χ0n) is 15.9. The molecule has 27 heavy (non-hydrogen) atoms. The van der Waals surface area contributed by atoms with Gasteiger partial charge in [-0.15, -0.1) is 0 Å². The van der Waals surface area contributed by atoms with Crippen molar-refractivity contribution in [3.63, 3.8) is 0 Å². The molecule has 8 nitrogen and oxygen atoms in total. The van der Waals surface area contributed by atoms with Crippen LogP contribution >= 0.6 is 0 Å². The highest BCUT2D eigenvalue weighted by Gasteiger charge is 2.21. The van der Waals surface area contributed by atoms with E-state index < -0.39 is 29.9 Å². The number of hydrogen-bond donors (Lipinski definition) is 4. The van der Waals surface area contributed by atoms with Gasteiger partial charge < -0.3 is 30.0 Å². The molecule has 0 spiro atoms. The van der Waals surface area contributed by atoms with Gasteiger partial charge in [-0.1, -0.05) is 6.07 Å². The molecule has 148 valence electrons. The van der Waals surface area contributed by atoms with E-state index >= 15 is 0 Å². The standard InChI is InChI=1S/C19H26N2O6/c1-19(2,3)27-18(25)20-8-7-15(22)16(23)11-5-6-14-12(9-11)13(10-21-14)17(24)26-4/h5-6,9-10,15-16,21-23H,7-8H2,1-4H3,(H,20,25). The lowest BCUT2D eigenvalue weighted by atomic mass is 10.00. The van der Waals surface area contributed by atoms with Crippen LogP contribution in [0.25, 0.3) is 10.9 Å². The lowest BCUT2D eigenvalue weighted by Crippen LogP contribution is -2.34. The average molecular weight is 378 g/mol. The van der Waals surface area contributed by atoms with E-state index in [1.54, 1.807) is 39.0 Å². The van der Waals surface area contributed by atoms with Gasteiger partial charge in [-0.2, -0.15) is 0 Å². The molecule has 8 heteroatoms. The van der Waals surface area contributed by atoms with E-state index in [4.69, 9.17) is 9.47 Å². The molecule has 0 aliphatic rings. The lowest BCUT2D eigenvalue weighted by molar-refractivity contribution is 0.0124. The summed E-state index contributed by atoms with van der Waals surface area (Å²) in [6, 6.07) is 5.01. The number of benzene rings is 1. The van der Waals surface area contributed by atoms with Crippen molar-refractivity contribution in [1.82, 2.24) is 10.3 Å². The highest BCUT2D eigenvalue weighted by Crippen LogP contribution is 2.26. The van der Waals surface area contributed by atoms with Crippen LogP contribution in [0.5, 0.6) is 0 Å². The Hall–Kier alpha value is -2.58. The molecule has 1 amide bonds. The lowest BCUT2D eigenvalue weighted by Gasteiger charge is -2.21. The summed E-state index contributed by atoms with van der Waals surface area (Å²) >= 11 is 0. The number of aliphatic hydroxyl groups excluding tert-OH is 2. The monoisotopic (exact) mass is 378 g/mol. The number of aromatic nitrogens is 1. The SMILES string of the molecule is COC(=O)c1c[nH]c2ccc(C(O)C(O)CCNC(=O)OC(C)(C)C)cc12. The van der Waals surface area contributed by atoms with Crippen molar-refractivity contribution in [2.24, 2.45) is 0 Å². The Morgan fingerprint density at radius 2 is 1.96 bits per heavy atom. The third-order valence-corrected chi connectivity index (χ3v) is 3.93. The van der Waals surface area contributed by atoms with Gasteiger partial charge in [0.05, 0.1) is 18.8 Å². The molecule has 1 heterocycles. The predicted octanol–water partition coefficient (Wildman–Crippen LogP) is 2.26. The van der Waals surface area contributed by atoms with Gasteiger partial charge in [0, 0.05) is 23.6 Å². The molecule has 0 fully saturated rings. The van der Waals surface area contributed by atoms with Crippen LogP contribution in [0.4, 0.5) is 4.79 Å². The van der Waals surface area contributed by atoms with E-state index in [1.165, 1.54) is 13.3 Å². The Labute approximate surface area is 157 Å². The maximum Gasteiger partial charge on any atom is 0.407 e. The van der Waals surface area contributed by atoms with E-state index in [2.05, 4.69) is 10.3 Å². The van der Waals surface area contributed by atoms with Crippen LogP contribution in [-0.4, -0.2) is 52.6 Å². The van der Waals surface area contributed by atoms with Crippen molar-refractivity contribution in [1.29, 1.82) is 0 Å². The van der Waals surface area contributed by atoms with Gasteiger partial charge in [0.2, 0.25) is 0 Å². The van der Waals surface area contributed by atoms with Crippen molar-refractivity contribution < 1.29 is 29.3 Å². The summed E-state index contributed by atoms with van der Waals surface area (Å²) in [5.74, 6) is -0.491. The molecule has 0 radical (unpaired) electrons. The first-order valence-corrected chi connectivity index (χ1v) is 8.64. The first kappa shape index (κ1) is 20.7. The topological polar surface area (TPSA) is 121 Å². The summed E-state index contributed by atoms with van der Waals surface area (Å²) in [6.07, 6.45) is -1.18. The minimum absolute atomic E-state index is 0.134. The van der Waals surface area contributed by atoms with Crippen LogP contribution in [-0.2, 0) is 9.47 Å². The number of ether oxygens (including phenoxy) is 2. The summed E-state index contributed by atoms with van der Waals surface area (Å²) in [6.45, 7) is 5.41. The van der Waals surface area contributed by atoms with Gasteiger partial charge in [-0.05, 0) is 44.9 Å². The zero-order chi connectivity index (χ0) is 20.2. The second-order valence-corrected chi connectivity index (χ2v) is 7.23. The van der Waals surface area contributed by atoms with Gasteiger partial charge >= 0.3 is 12.1 Å². The summed E-state index contributed by atoms with van der Waals surface area (Å²) in [7, 11) is 1.29. The maximum atomic E-state index is 11.8. The van der Waals surface area contributed by atoms with E-state index in [-0.39, 0.29) is 13.0 Å². The second kappa shape index (κ2) is 8.41. The Bertz CT molecular complexity index is 808. The molecule has 2 unspecified atom stereocenters. The van der Waals surface area contributed by atoms with Crippen molar-refractivity contribution >= 4 is 23.0 Å². The molecule has 1 aromatic heterocycles.